The van der Waals surface area contributed by atoms with Crippen molar-refractivity contribution in [2.24, 2.45) is 9.98 Å². The van der Waals surface area contributed by atoms with Crippen LogP contribution in [0.25, 0.3) is 0 Å². The van der Waals surface area contributed by atoms with Gasteiger partial charge in [0.2, 0.25) is 0 Å². The normalized spacial score (nSPS) is 11.1. The summed E-state index contributed by atoms with van der Waals surface area (Å²) in [6, 6.07) is 15.6. The van der Waals surface area contributed by atoms with Gasteiger partial charge in [-0.1, -0.05) is 52.2 Å². The van der Waals surface area contributed by atoms with Crippen molar-refractivity contribution in [3.8, 4) is 23.0 Å². The Morgan fingerprint density at radius 2 is 0.897 bits per heavy atom. The molecule has 0 aliphatic carbocycles. The molecule has 10 nitrogen and oxygen atoms in total. The number of carbonyl (C=O) groups excluding carboxylic acids is 2. The van der Waals surface area contributed by atoms with E-state index in [-0.39, 0.29) is 27.6 Å². The molecule has 0 radical (unpaired) electrons. The maximum Gasteiger partial charge on any atom is 2.00 e. The maximum atomic E-state index is 10.9. The Morgan fingerprint density at radius 1 is 0.552 bits per heavy atom. The molecule has 0 bridgehead atoms. The van der Waals surface area contributed by atoms with E-state index >= 15 is 0 Å². The van der Waals surface area contributed by atoms with Crippen molar-refractivity contribution >= 4 is 34.7 Å². The first-order valence-electron chi connectivity index (χ1n) is 19.7. The fraction of sp³-hybridized carbons (Fsp3) is 0.404. The van der Waals surface area contributed by atoms with E-state index in [9.17, 15) is 40.2 Å². The number of aromatic carboxylic acids is 2. The average Bonchev–Trinajstić information content (AvgIpc) is 3.11. The topological polar surface area (TPSA) is 186 Å². The number of phenolic OH excluding ortho intramolecular Hbond substituents is 2. The molecule has 4 rings (SSSR count). The minimum Gasteiger partial charge on any atom is -0.545 e. The predicted molar refractivity (Wildman–Crippen MR) is 226 cm³/mol. The summed E-state index contributed by atoms with van der Waals surface area (Å²) in [5.74, 6) is -4.95. The van der Waals surface area contributed by atoms with Gasteiger partial charge in [-0.2, -0.15) is 0 Å². The molecule has 0 spiro atoms. The van der Waals surface area contributed by atoms with Crippen LogP contribution < -0.4 is 10.2 Å². The Morgan fingerprint density at radius 3 is 1.22 bits per heavy atom. The van der Waals surface area contributed by atoms with Crippen molar-refractivity contribution in [3.63, 3.8) is 0 Å². The zero-order valence-corrected chi connectivity index (χ0v) is 36.6. The number of carboxylic acids is 2. The quantitative estimate of drug-likeness (QED) is 0.0550. The van der Waals surface area contributed by atoms with E-state index in [0.29, 0.717) is 35.1 Å². The number of hydrogen-bond donors (Lipinski definition) is 4. The van der Waals surface area contributed by atoms with Gasteiger partial charge in [0.15, 0.2) is 23.0 Å². The summed E-state index contributed by atoms with van der Waals surface area (Å²) in [4.78, 5) is 31.7. The van der Waals surface area contributed by atoms with Crippen LogP contribution in [0, 0.1) is 41.5 Å². The van der Waals surface area contributed by atoms with Crippen LogP contribution in [0.4, 0.5) is 11.4 Å². The molecule has 4 N–H and O–H groups in total. The van der Waals surface area contributed by atoms with Gasteiger partial charge in [0.05, 0.1) is 34.7 Å². The van der Waals surface area contributed by atoms with Crippen LogP contribution in [0.2, 0.25) is 0 Å². The number of phenols is 4. The van der Waals surface area contributed by atoms with Crippen LogP contribution in [0.15, 0.2) is 58.5 Å². The smallest absolute Gasteiger partial charge is 0.545 e. The van der Waals surface area contributed by atoms with Crippen LogP contribution >= 0.6 is 0 Å². The van der Waals surface area contributed by atoms with Crippen molar-refractivity contribution in [3.05, 3.63) is 104 Å². The minimum atomic E-state index is -1.46. The second kappa shape index (κ2) is 24.6. The summed E-state index contributed by atoms with van der Waals surface area (Å²) < 4.78 is 0. The molecule has 0 saturated carbocycles. The largest absolute Gasteiger partial charge is 2.00 e. The van der Waals surface area contributed by atoms with Crippen LogP contribution in [0.1, 0.15) is 138 Å². The summed E-state index contributed by atoms with van der Waals surface area (Å²) in [6.45, 7) is 20.2. The number of carboxylic acid groups (broad SMARTS) is 2. The monoisotopic (exact) mass is 838 g/mol. The van der Waals surface area contributed by atoms with Crippen molar-refractivity contribution in [2.75, 3.05) is 0 Å². The van der Waals surface area contributed by atoms with Gasteiger partial charge in [0.1, 0.15) is 0 Å². The third-order valence-corrected chi connectivity index (χ3v) is 9.35. The molecule has 58 heavy (non-hydrogen) atoms. The molecule has 4 aromatic rings. The fourth-order valence-electron chi connectivity index (χ4n) is 6.55. The summed E-state index contributed by atoms with van der Waals surface area (Å²) in [5.41, 5.74) is 10.9. The first kappa shape index (κ1) is 50.9. The SMILES string of the molecule is CCCCC(=Nc1cc(C)cc(C)c1)C(C)=Nc1cc(C)cc(C)c1.CCCCc1c(C)cc(O)c(O)c1C(=O)[O-].CCCCc1c(C)cc(O)c(O)c1C(=O)[O-].[Ni+2]. The number of unbranched alkanes of at least 4 members (excludes halogenated alkanes) is 3. The molecule has 0 atom stereocenters. The number of aliphatic imine (C=N–C) groups is 2. The van der Waals surface area contributed by atoms with Gasteiger partial charge in [0.25, 0.3) is 0 Å². The number of carbonyl (C=O) groups is 2. The minimum absolute atomic E-state index is 0. The fourth-order valence-corrected chi connectivity index (χ4v) is 6.55. The average molecular weight is 840 g/mol. The standard InChI is InChI=1S/C23H30N2.2C12H16O4.Ni/c1-7-8-9-23(25-22-14-18(4)11-19(5)15-22)20(6)24-21-12-16(2)10-17(3)13-21;2*1-3-4-5-8-7(2)6-9(13)11(14)10(8)12(15)16;/h10-15H,7-9H2,1-6H3;2*6,13-14H,3-5H2,1-2H3,(H,15,16);/q;;;+2/p-2. The Balaban J connectivity index is 0.000000449. The van der Waals surface area contributed by atoms with E-state index in [2.05, 4.69) is 77.9 Å². The van der Waals surface area contributed by atoms with E-state index in [0.717, 1.165) is 67.7 Å². The third kappa shape index (κ3) is 15.3. The number of benzene rings is 4. The molecule has 4 aromatic carbocycles. The molecule has 0 heterocycles. The van der Waals surface area contributed by atoms with Crippen molar-refractivity contribution in [1.29, 1.82) is 0 Å². The molecule has 0 aromatic heterocycles. The summed E-state index contributed by atoms with van der Waals surface area (Å²) in [7, 11) is 0. The van der Waals surface area contributed by atoms with Crippen LogP contribution in [0.3, 0.4) is 0 Å². The molecular weight excluding hydrogens is 779 g/mol. The van der Waals surface area contributed by atoms with Crippen LogP contribution in [0.5, 0.6) is 23.0 Å². The Kier molecular flexibility index (Phi) is 21.6. The van der Waals surface area contributed by atoms with Gasteiger partial charge in [0, 0.05) is 11.1 Å². The number of aromatic hydroxyl groups is 4. The Hall–Kier alpha value is -5.15. The maximum absolute atomic E-state index is 10.9. The van der Waals surface area contributed by atoms with Crippen molar-refractivity contribution in [1.82, 2.24) is 0 Å². The van der Waals surface area contributed by atoms with E-state index in [1.54, 1.807) is 13.8 Å². The predicted octanol–water partition coefficient (Wildman–Crippen LogP) is 9.20. The molecular formula is C47H60N2NiO8. The molecule has 0 fully saturated rings. The third-order valence-electron chi connectivity index (χ3n) is 9.35. The van der Waals surface area contributed by atoms with E-state index < -0.39 is 34.9 Å². The van der Waals surface area contributed by atoms with E-state index in [4.69, 9.17) is 9.98 Å². The number of rotatable bonds is 14. The Labute approximate surface area is 354 Å². The van der Waals surface area contributed by atoms with Gasteiger partial charge in [-0.15, -0.1) is 0 Å². The summed E-state index contributed by atoms with van der Waals surface area (Å²) in [5, 5.41) is 59.5. The van der Waals surface area contributed by atoms with Crippen molar-refractivity contribution in [2.45, 2.75) is 127 Å². The zero-order valence-electron chi connectivity index (χ0n) is 35.6. The molecule has 0 amide bonds. The van der Waals surface area contributed by atoms with Crippen molar-refractivity contribution < 1.29 is 56.7 Å². The number of hydrogen-bond acceptors (Lipinski definition) is 10. The summed E-state index contributed by atoms with van der Waals surface area (Å²) >= 11 is 0. The zero-order chi connectivity index (χ0) is 43.0. The second-order valence-corrected chi connectivity index (χ2v) is 14.7. The van der Waals surface area contributed by atoms with Gasteiger partial charge >= 0.3 is 16.5 Å². The van der Waals surface area contributed by atoms with Gasteiger partial charge in [-0.3, -0.25) is 9.98 Å². The Bertz CT molecular complexity index is 1970. The molecule has 0 saturated heterocycles. The first-order chi connectivity index (χ1) is 26.8. The van der Waals surface area contributed by atoms with Gasteiger partial charge in [-0.05, 0) is 168 Å². The summed E-state index contributed by atoms with van der Waals surface area (Å²) in [6.07, 6.45) is 7.85. The van der Waals surface area contributed by atoms with Gasteiger partial charge < -0.3 is 40.2 Å². The number of nitrogens with zero attached hydrogens (tertiary/aromatic N) is 2. The van der Waals surface area contributed by atoms with Crippen LogP contribution in [-0.4, -0.2) is 43.8 Å². The molecule has 0 aliphatic heterocycles. The molecule has 11 heteroatoms. The number of aryl methyl sites for hydroxylation is 6. The molecule has 0 unspecified atom stereocenters. The molecule has 0 aliphatic rings. The second-order valence-electron chi connectivity index (χ2n) is 14.7. The first-order valence-corrected chi connectivity index (χ1v) is 19.7. The van der Waals surface area contributed by atoms with E-state index in [1.165, 1.54) is 34.4 Å². The van der Waals surface area contributed by atoms with Crippen LogP contribution in [-0.2, 0) is 29.3 Å². The van der Waals surface area contributed by atoms with Gasteiger partial charge in [-0.25, -0.2) is 0 Å². The van der Waals surface area contributed by atoms with E-state index in [1.807, 2.05) is 13.8 Å². The molecule has 316 valence electrons.